The standard InChI is InChI=1S/C32H28BrNO5/c1-4-17-5-7-19(8-6-17)34-31(38)21-10-9-20-22(27(21)32(34)39)13-23-28(25(35)14-24(33)30(23)37)26(20)18-11-15(2)29(36)16(3)12-18/h5-9,11-12,14,21-22,26-27,36H,4,10,13H2,1-3H3. The molecule has 7 heteroatoms. The lowest BCUT2D eigenvalue weighted by Gasteiger charge is -2.42. The first-order chi connectivity index (χ1) is 18.6. The molecule has 3 aliphatic carbocycles. The van der Waals surface area contributed by atoms with Crippen molar-refractivity contribution < 1.29 is 24.3 Å². The zero-order chi connectivity index (χ0) is 27.7. The summed E-state index contributed by atoms with van der Waals surface area (Å²) in [5.41, 5.74) is 5.54. The minimum absolute atomic E-state index is 0.188. The van der Waals surface area contributed by atoms with Crippen LogP contribution in [-0.4, -0.2) is 28.5 Å². The second-order valence-corrected chi connectivity index (χ2v) is 11.8. The Morgan fingerprint density at radius 1 is 0.974 bits per heavy atom. The molecule has 6 rings (SSSR count). The molecule has 0 bridgehead atoms. The third-order valence-corrected chi connectivity index (χ3v) is 9.37. The fourth-order valence-electron chi connectivity index (χ4n) is 6.88. The van der Waals surface area contributed by atoms with E-state index in [-0.39, 0.29) is 40.0 Å². The van der Waals surface area contributed by atoms with Gasteiger partial charge in [0.25, 0.3) is 0 Å². The summed E-state index contributed by atoms with van der Waals surface area (Å²) in [5, 5.41) is 10.4. The average Bonchev–Trinajstić information content (AvgIpc) is 3.18. The highest BCUT2D eigenvalue weighted by atomic mass is 79.9. The van der Waals surface area contributed by atoms with Gasteiger partial charge in [0.15, 0.2) is 11.6 Å². The zero-order valence-electron chi connectivity index (χ0n) is 22.0. The second kappa shape index (κ2) is 9.26. The van der Waals surface area contributed by atoms with E-state index in [0.717, 1.165) is 23.1 Å². The van der Waals surface area contributed by atoms with E-state index in [0.29, 0.717) is 34.4 Å². The summed E-state index contributed by atoms with van der Waals surface area (Å²) >= 11 is 3.26. The number of aromatic hydroxyl groups is 1. The monoisotopic (exact) mass is 585 g/mol. The third kappa shape index (κ3) is 3.81. The summed E-state index contributed by atoms with van der Waals surface area (Å²) in [4.78, 5) is 55.7. The van der Waals surface area contributed by atoms with E-state index >= 15 is 0 Å². The number of fused-ring (bicyclic) bond motifs is 3. The maximum atomic E-state index is 14.0. The molecule has 4 aliphatic rings. The first kappa shape index (κ1) is 25.7. The molecule has 4 atom stereocenters. The topological polar surface area (TPSA) is 91.8 Å². The molecule has 0 aromatic heterocycles. The molecule has 2 aromatic rings. The Balaban J connectivity index is 1.48. The lowest BCUT2D eigenvalue weighted by Crippen LogP contribution is -2.39. The van der Waals surface area contributed by atoms with Crippen LogP contribution in [0, 0.1) is 31.6 Å². The largest absolute Gasteiger partial charge is 0.507 e. The predicted molar refractivity (Wildman–Crippen MR) is 150 cm³/mol. The second-order valence-electron chi connectivity index (χ2n) is 10.9. The molecule has 1 N–H and O–H groups in total. The van der Waals surface area contributed by atoms with Gasteiger partial charge in [-0.15, -0.1) is 0 Å². The number of ketones is 2. The molecular weight excluding hydrogens is 558 g/mol. The zero-order valence-corrected chi connectivity index (χ0v) is 23.5. The van der Waals surface area contributed by atoms with Gasteiger partial charge in [-0.05, 0) is 89.3 Å². The lowest BCUT2D eigenvalue weighted by atomic mass is 9.59. The van der Waals surface area contributed by atoms with Crippen molar-refractivity contribution in [1.82, 2.24) is 0 Å². The number of Topliss-reactive ketones (excluding diaryl/α,β-unsaturated/α-hetero) is 1. The number of halogens is 1. The van der Waals surface area contributed by atoms with E-state index in [1.54, 1.807) is 13.8 Å². The number of imide groups is 1. The lowest BCUT2D eigenvalue weighted by molar-refractivity contribution is -0.123. The van der Waals surface area contributed by atoms with Gasteiger partial charge in [-0.3, -0.25) is 24.1 Å². The molecule has 1 saturated heterocycles. The molecule has 6 nitrogen and oxygen atoms in total. The number of carbonyl (C=O) groups is 4. The van der Waals surface area contributed by atoms with Crippen LogP contribution in [0.5, 0.6) is 5.75 Å². The molecule has 4 unspecified atom stereocenters. The van der Waals surface area contributed by atoms with E-state index in [4.69, 9.17) is 0 Å². The molecule has 2 aromatic carbocycles. The Kier molecular flexibility index (Phi) is 6.10. The van der Waals surface area contributed by atoms with E-state index in [2.05, 4.69) is 15.9 Å². The van der Waals surface area contributed by atoms with Crippen LogP contribution in [0.3, 0.4) is 0 Å². The molecule has 1 fully saturated rings. The Bertz CT molecular complexity index is 1550. The van der Waals surface area contributed by atoms with Crippen molar-refractivity contribution >= 4 is 45.0 Å². The van der Waals surface area contributed by atoms with Crippen LogP contribution in [0.25, 0.3) is 0 Å². The van der Waals surface area contributed by atoms with Crippen LogP contribution >= 0.6 is 15.9 Å². The fraction of sp³-hybridized carbons (Fsp3) is 0.312. The van der Waals surface area contributed by atoms with Gasteiger partial charge in [-0.25, -0.2) is 0 Å². The first-order valence-electron chi connectivity index (χ1n) is 13.3. The van der Waals surface area contributed by atoms with Gasteiger partial charge < -0.3 is 5.11 Å². The number of aryl methyl sites for hydroxylation is 3. The summed E-state index contributed by atoms with van der Waals surface area (Å²) in [6, 6.07) is 11.2. The molecule has 1 aliphatic heterocycles. The predicted octanol–water partition coefficient (Wildman–Crippen LogP) is 5.54. The van der Waals surface area contributed by atoms with Gasteiger partial charge in [0, 0.05) is 23.1 Å². The Labute approximate surface area is 235 Å². The van der Waals surface area contributed by atoms with Crippen LogP contribution in [0.15, 0.2) is 69.8 Å². The van der Waals surface area contributed by atoms with Gasteiger partial charge >= 0.3 is 0 Å². The van der Waals surface area contributed by atoms with Gasteiger partial charge in [0.05, 0.1) is 22.0 Å². The number of anilines is 1. The van der Waals surface area contributed by atoms with Crippen molar-refractivity contribution in [2.45, 2.75) is 46.0 Å². The molecule has 39 heavy (non-hydrogen) atoms. The SMILES string of the molecule is CCc1ccc(N2C(=O)C3CC=C4C(c5cc(C)c(O)c(C)c5)C5=C(CC4C3C2=O)C(=O)C(Br)=CC5=O)cc1. The summed E-state index contributed by atoms with van der Waals surface area (Å²) in [7, 11) is 0. The van der Waals surface area contributed by atoms with Crippen molar-refractivity contribution in [2.24, 2.45) is 17.8 Å². The van der Waals surface area contributed by atoms with E-state index < -0.39 is 23.7 Å². The van der Waals surface area contributed by atoms with Gasteiger partial charge in [-0.2, -0.15) is 0 Å². The van der Waals surface area contributed by atoms with Gasteiger partial charge in [0.2, 0.25) is 11.8 Å². The number of nitrogens with zero attached hydrogens (tertiary/aromatic N) is 1. The molecular formula is C32H28BrNO5. The summed E-state index contributed by atoms with van der Waals surface area (Å²) < 4.78 is 0.203. The molecule has 1 heterocycles. The van der Waals surface area contributed by atoms with Crippen molar-refractivity contribution in [3.63, 3.8) is 0 Å². The Hall–Kier alpha value is -3.58. The van der Waals surface area contributed by atoms with E-state index in [1.807, 2.05) is 49.4 Å². The average molecular weight is 586 g/mol. The number of rotatable bonds is 3. The maximum Gasteiger partial charge on any atom is 0.238 e. The maximum absolute atomic E-state index is 14.0. The highest BCUT2D eigenvalue weighted by Gasteiger charge is 2.56. The molecule has 198 valence electrons. The number of phenols is 1. The number of carbonyl (C=O) groups excluding carboxylic acids is 4. The number of benzene rings is 2. The number of phenolic OH excluding ortho intramolecular Hbond substituents is 1. The normalized spacial score (nSPS) is 26.3. The van der Waals surface area contributed by atoms with E-state index in [9.17, 15) is 24.3 Å². The highest BCUT2D eigenvalue weighted by molar-refractivity contribution is 9.12. The molecule has 0 spiro atoms. The van der Waals surface area contributed by atoms with Crippen molar-refractivity contribution in [3.05, 3.63) is 92.0 Å². The van der Waals surface area contributed by atoms with Crippen LogP contribution in [0.4, 0.5) is 5.69 Å². The van der Waals surface area contributed by atoms with Crippen molar-refractivity contribution in [2.75, 3.05) is 4.90 Å². The minimum atomic E-state index is -0.619. The quantitative estimate of drug-likeness (QED) is 0.290. The van der Waals surface area contributed by atoms with Crippen LogP contribution in [0.1, 0.15) is 47.9 Å². The smallest absolute Gasteiger partial charge is 0.238 e. The summed E-state index contributed by atoms with van der Waals surface area (Å²) in [5.74, 6) is -2.85. The third-order valence-electron chi connectivity index (χ3n) is 8.78. The number of hydrogen-bond donors (Lipinski definition) is 1. The van der Waals surface area contributed by atoms with Crippen LogP contribution < -0.4 is 4.90 Å². The van der Waals surface area contributed by atoms with Crippen LogP contribution in [0.2, 0.25) is 0 Å². The Morgan fingerprint density at radius 2 is 1.64 bits per heavy atom. The minimum Gasteiger partial charge on any atom is -0.507 e. The van der Waals surface area contributed by atoms with E-state index in [1.165, 1.54) is 11.0 Å². The summed E-state index contributed by atoms with van der Waals surface area (Å²) in [6.07, 6.45) is 4.81. The fourth-order valence-corrected chi connectivity index (χ4v) is 7.32. The first-order valence-corrected chi connectivity index (χ1v) is 14.1. The molecule has 0 radical (unpaired) electrons. The number of amides is 2. The Morgan fingerprint density at radius 3 is 2.28 bits per heavy atom. The molecule has 0 saturated carbocycles. The number of hydrogen-bond acceptors (Lipinski definition) is 5. The number of allylic oxidation sites excluding steroid dienone is 6. The van der Waals surface area contributed by atoms with Gasteiger partial charge in [-0.1, -0.05) is 42.8 Å². The van der Waals surface area contributed by atoms with Crippen molar-refractivity contribution in [3.8, 4) is 5.75 Å². The summed E-state index contributed by atoms with van der Waals surface area (Å²) in [6.45, 7) is 5.66. The molecule has 2 amide bonds. The highest BCUT2D eigenvalue weighted by Crippen LogP contribution is 2.56. The van der Waals surface area contributed by atoms with Crippen LogP contribution in [-0.2, 0) is 25.6 Å². The van der Waals surface area contributed by atoms with Crippen molar-refractivity contribution in [1.29, 1.82) is 0 Å². The van der Waals surface area contributed by atoms with Gasteiger partial charge in [0.1, 0.15) is 5.75 Å².